The quantitative estimate of drug-likeness (QED) is 0.436. The number of benzene rings is 1. The molecule has 0 aliphatic heterocycles. The standard InChI is InChI=1S/C9H5F4IO/c1-4(15)7-5(9(11,12)13)2-3-6(14)8(7)10/h2-3H,1H3. The summed E-state index contributed by atoms with van der Waals surface area (Å²) in [4.78, 5) is 10.9. The third-order valence-electron chi connectivity index (χ3n) is 1.75. The molecule has 1 aromatic carbocycles. The molecule has 0 N–H and O–H groups in total. The number of hydrogen-bond acceptors (Lipinski definition) is 1. The summed E-state index contributed by atoms with van der Waals surface area (Å²) in [7, 11) is 0. The smallest absolute Gasteiger partial charge is 0.294 e. The van der Waals surface area contributed by atoms with Gasteiger partial charge in [-0.15, -0.1) is 0 Å². The Hall–Kier alpha value is -0.660. The molecule has 82 valence electrons. The predicted molar refractivity (Wildman–Crippen MR) is 54.1 cm³/mol. The number of Topliss-reactive ketones (excluding diaryl/α,β-unsaturated/α-hetero) is 1. The van der Waals surface area contributed by atoms with Crippen molar-refractivity contribution in [3.63, 3.8) is 0 Å². The number of hydrogen-bond donors (Lipinski definition) is 0. The number of rotatable bonds is 1. The molecule has 0 aliphatic rings. The number of ketones is 1. The van der Waals surface area contributed by atoms with Crippen molar-refractivity contribution in [3.05, 3.63) is 32.6 Å². The Morgan fingerprint density at radius 2 is 1.87 bits per heavy atom. The van der Waals surface area contributed by atoms with Crippen LogP contribution < -0.4 is 0 Å². The zero-order chi connectivity index (χ0) is 11.8. The van der Waals surface area contributed by atoms with Crippen molar-refractivity contribution in [1.29, 1.82) is 0 Å². The van der Waals surface area contributed by atoms with Crippen molar-refractivity contribution >= 4 is 28.4 Å². The molecule has 0 fully saturated rings. The predicted octanol–water partition coefficient (Wildman–Crippen LogP) is 3.65. The Labute approximate surface area is 96.6 Å². The topological polar surface area (TPSA) is 17.1 Å². The monoisotopic (exact) mass is 332 g/mol. The number of carbonyl (C=O) groups is 1. The molecular weight excluding hydrogens is 327 g/mol. The second kappa shape index (κ2) is 4.07. The Bertz CT molecular complexity index is 411. The van der Waals surface area contributed by atoms with E-state index in [1.54, 1.807) is 0 Å². The van der Waals surface area contributed by atoms with Crippen molar-refractivity contribution in [2.75, 3.05) is 0 Å². The molecule has 6 heteroatoms. The largest absolute Gasteiger partial charge is 0.417 e. The SMILES string of the molecule is CC(=O)c1c(C(F)(F)F)ccc(I)c1F. The van der Waals surface area contributed by atoms with E-state index in [1.165, 1.54) is 22.6 Å². The van der Waals surface area contributed by atoms with Crippen LogP contribution in [-0.4, -0.2) is 5.78 Å². The Morgan fingerprint density at radius 1 is 1.33 bits per heavy atom. The van der Waals surface area contributed by atoms with Crippen molar-refractivity contribution in [1.82, 2.24) is 0 Å². The molecule has 0 radical (unpaired) electrons. The van der Waals surface area contributed by atoms with Crippen LogP contribution in [0.4, 0.5) is 17.6 Å². The molecule has 0 aromatic heterocycles. The molecule has 0 amide bonds. The highest BCUT2D eigenvalue weighted by Crippen LogP contribution is 2.34. The molecule has 0 saturated heterocycles. The van der Waals surface area contributed by atoms with Gasteiger partial charge in [-0.2, -0.15) is 13.2 Å². The second-order valence-electron chi connectivity index (χ2n) is 2.84. The first kappa shape index (κ1) is 12.4. The highest BCUT2D eigenvalue weighted by atomic mass is 127. The first-order valence-electron chi connectivity index (χ1n) is 3.81. The summed E-state index contributed by atoms with van der Waals surface area (Å²) in [6.07, 6.45) is -4.72. The van der Waals surface area contributed by atoms with Crippen molar-refractivity contribution in [2.45, 2.75) is 13.1 Å². The third-order valence-corrected chi connectivity index (χ3v) is 2.59. The lowest BCUT2D eigenvalue weighted by molar-refractivity contribution is -0.138. The third kappa shape index (κ3) is 2.47. The van der Waals surface area contributed by atoms with Crippen molar-refractivity contribution < 1.29 is 22.4 Å². The van der Waals surface area contributed by atoms with Gasteiger partial charge in [0.05, 0.1) is 11.1 Å². The molecule has 1 aromatic rings. The van der Waals surface area contributed by atoms with E-state index in [0.717, 1.165) is 13.0 Å². The first-order chi connectivity index (χ1) is 6.75. The summed E-state index contributed by atoms with van der Waals surface area (Å²) < 4.78 is 50.5. The van der Waals surface area contributed by atoms with E-state index < -0.39 is 28.9 Å². The van der Waals surface area contributed by atoms with Crippen LogP contribution in [0.3, 0.4) is 0 Å². The lowest BCUT2D eigenvalue weighted by Gasteiger charge is -2.12. The number of alkyl halides is 3. The molecule has 1 nitrogen and oxygen atoms in total. The van der Waals surface area contributed by atoms with Gasteiger partial charge in [0.1, 0.15) is 5.82 Å². The first-order valence-corrected chi connectivity index (χ1v) is 4.89. The normalized spacial score (nSPS) is 11.6. The van der Waals surface area contributed by atoms with Crippen LogP contribution in [0, 0.1) is 9.39 Å². The van der Waals surface area contributed by atoms with Gasteiger partial charge in [-0.25, -0.2) is 4.39 Å². The van der Waals surface area contributed by atoms with Crippen LogP contribution in [0.2, 0.25) is 0 Å². The van der Waals surface area contributed by atoms with Crippen LogP contribution in [-0.2, 0) is 6.18 Å². The molecule has 0 saturated carbocycles. The van der Waals surface area contributed by atoms with Crippen LogP contribution >= 0.6 is 22.6 Å². The Morgan fingerprint density at radius 3 is 2.27 bits per heavy atom. The molecule has 0 unspecified atom stereocenters. The minimum atomic E-state index is -4.72. The molecular formula is C9H5F4IO. The zero-order valence-electron chi connectivity index (χ0n) is 7.45. The minimum Gasteiger partial charge on any atom is -0.294 e. The Kier molecular flexibility index (Phi) is 3.37. The maximum atomic E-state index is 13.3. The Balaban J connectivity index is 3.55. The van der Waals surface area contributed by atoms with Gasteiger partial charge < -0.3 is 0 Å². The van der Waals surface area contributed by atoms with Crippen LogP contribution in [0.1, 0.15) is 22.8 Å². The van der Waals surface area contributed by atoms with Gasteiger partial charge in [-0.1, -0.05) is 0 Å². The van der Waals surface area contributed by atoms with Gasteiger partial charge in [0.2, 0.25) is 0 Å². The van der Waals surface area contributed by atoms with E-state index in [-0.39, 0.29) is 3.57 Å². The van der Waals surface area contributed by atoms with Crippen molar-refractivity contribution in [3.8, 4) is 0 Å². The second-order valence-corrected chi connectivity index (χ2v) is 4.00. The maximum absolute atomic E-state index is 13.3. The van der Waals surface area contributed by atoms with E-state index in [2.05, 4.69) is 0 Å². The summed E-state index contributed by atoms with van der Waals surface area (Å²) in [6.45, 7) is 0.906. The van der Waals surface area contributed by atoms with Gasteiger partial charge in [-0.3, -0.25) is 4.79 Å². The van der Waals surface area contributed by atoms with Crippen LogP contribution in [0.25, 0.3) is 0 Å². The molecule has 0 aliphatic carbocycles. The number of carbonyl (C=O) groups excluding carboxylic acids is 1. The van der Waals surface area contributed by atoms with Crippen LogP contribution in [0.15, 0.2) is 12.1 Å². The van der Waals surface area contributed by atoms with E-state index in [1.807, 2.05) is 0 Å². The van der Waals surface area contributed by atoms with E-state index in [9.17, 15) is 22.4 Å². The zero-order valence-corrected chi connectivity index (χ0v) is 9.61. The van der Waals surface area contributed by atoms with Gasteiger partial charge in [0.25, 0.3) is 0 Å². The lowest BCUT2D eigenvalue weighted by Crippen LogP contribution is -2.14. The molecule has 0 spiro atoms. The maximum Gasteiger partial charge on any atom is 0.417 e. The molecule has 0 atom stereocenters. The van der Waals surface area contributed by atoms with Gasteiger partial charge in [0.15, 0.2) is 5.78 Å². The molecule has 15 heavy (non-hydrogen) atoms. The van der Waals surface area contributed by atoms with Crippen LogP contribution in [0.5, 0.6) is 0 Å². The van der Waals surface area contributed by atoms with Gasteiger partial charge in [0, 0.05) is 3.57 Å². The average molecular weight is 332 g/mol. The number of halogens is 5. The fourth-order valence-corrected chi connectivity index (χ4v) is 1.58. The molecule has 1 rings (SSSR count). The average Bonchev–Trinajstić information content (AvgIpc) is 2.06. The summed E-state index contributed by atoms with van der Waals surface area (Å²) in [5.74, 6) is -2.05. The molecule has 0 bridgehead atoms. The van der Waals surface area contributed by atoms with Crippen molar-refractivity contribution in [2.24, 2.45) is 0 Å². The molecule has 0 heterocycles. The van der Waals surface area contributed by atoms with Gasteiger partial charge in [-0.05, 0) is 41.6 Å². The summed E-state index contributed by atoms with van der Waals surface area (Å²) in [5, 5.41) is 0. The fourth-order valence-electron chi connectivity index (χ4n) is 1.13. The highest BCUT2D eigenvalue weighted by molar-refractivity contribution is 14.1. The minimum absolute atomic E-state index is 0.00852. The highest BCUT2D eigenvalue weighted by Gasteiger charge is 2.36. The van der Waals surface area contributed by atoms with Gasteiger partial charge >= 0.3 is 6.18 Å². The van der Waals surface area contributed by atoms with E-state index in [4.69, 9.17) is 0 Å². The summed E-state index contributed by atoms with van der Waals surface area (Å²) >= 11 is 1.53. The fraction of sp³-hybridized carbons (Fsp3) is 0.222. The van der Waals surface area contributed by atoms with E-state index >= 15 is 0 Å². The summed E-state index contributed by atoms with van der Waals surface area (Å²) in [5.41, 5.74) is -2.12. The lowest BCUT2D eigenvalue weighted by atomic mass is 10.0. The van der Waals surface area contributed by atoms with E-state index in [0.29, 0.717) is 6.07 Å². The summed E-state index contributed by atoms with van der Waals surface area (Å²) in [6, 6.07) is 1.70.